The van der Waals surface area contributed by atoms with Crippen molar-refractivity contribution in [1.82, 2.24) is 0 Å². The maximum atomic E-state index is 4.16. The summed E-state index contributed by atoms with van der Waals surface area (Å²) in [6.07, 6.45) is 8.02. The Balaban J connectivity index is 5.35. The van der Waals surface area contributed by atoms with Crippen molar-refractivity contribution in [3.05, 3.63) is 46.6 Å². The maximum absolute atomic E-state index is 4.16. The van der Waals surface area contributed by atoms with Crippen LogP contribution in [-0.2, 0) is 0 Å². The van der Waals surface area contributed by atoms with Crippen molar-refractivity contribution in [2.24, 2.45) is 5.41 Å². The highest BCUT2D eigenvalue weighted by Crippen LogP contribution is 2.27. The van der Waals surface area contributed by atoms with Crippen LogP contribution in [-0.4, -0.2) is 0 Å². The molecule has 20 heavy (non-hydrogen) atoms. The Hall–Kier alpha value is -1.04. The second kappa shape index (κ2) is 8.29. The standard InChI is InChI=1S/C20H34/c1-10-18(17(6)13-15(2)3)14-19(16(4)5)11-12-20(7,8)9/h13-14H,4,10-12H2,1-3,5-9H3/b18-17+,19-14+. The lowest BCUT2D eigenvalue weighted by atomic mass is 9.86. The largest absolute Gasteiger partial charge is 0.0958 e. The molecule has 0 N–H and O–H groups in total. The van der Waals surface area contributed by atoms with E-state index >= 15 is 0 Å². The third-order valence-corrected chi connectivity index (χ3v) is 3.43. The summed E-state index contributed by atoms with van der Waals surface area (Å²) >= 11 is 0. The van der Waals surface area contributed by atoms with E-state index in [0.717, 1.165) is 12.8 Å². The van der Waals surface area contributed by atoms with Crippen LogP contribution in [0.3, 0.4) is 0 Å². The molecule has 0 aromatic rings. The van der Waals surface area contributed by atoms with Crippen molar-refractivity contribution in [3.8, 4) is 0 Å². The van der Waals surface area contributed by atoms with E-state index in [9.17, 15) is 0 Å². The summed E-state index contributed by atoms with van der Waals surface area (Å²) in [4.78, 5) is 0. The number of hydrogen-bond acceptors (Lipinski definition) is 0. The van der Waals surface area contributed by atoms with Gasteiger partial charge in [-0.1, -0.05) is 57.6 Å². The van der Waals surface area contributed by atoms with E-state index in [1.807, 2.05) is 0 Å². The summed E-state index contributed by atoms with van der Waals surface area (Å²) in [6.45, 7) is 21.9. The van der Waals surface area contributed by atoms with Crippen LogP contribution in [0.1, 0.15) is 74.7 Å². The molecule has 0 aliphatic carbocycles. The molecule has 0 unspecified atom stereocenters. The summed E-state index contributed by atoms with van der Waals surface area (Å²) < 4.78 is 0. The van der Waals surface area contributed by atoms with E-state index < -0.39 is 0 Å². The Morgan fingerprint density at radius 2 is 1.55 bits per heavy atom. The molecule has 0 nitrogen and oxygen atoms in total. The highest BCUT2D eigenvalue weighted by Gasteiger charge is 2.12. The lowest BCUT2D eigenvalue weighted by Gasteiger charge is -2.19. The van der Waals surface area contributed by atoms with E-state index in [-0.39, 0.29) is 0 Å². The Morgan fingerprint density at radius 1 is 1.00 bits per heavy atom. The quantitative estimate of drug-likeness (QED) is 0.457. The Kier molecular flexibility index (Phi) is 7.86. The van der Waals surface area contributed by atoms with Crippen molar-refractivity contribution in [3.63, 3.8) is 0 Å². The van der Waals surface area contributed by atoms with Crippen LogP contribution >= 0.6 is 0 Å². The van der Waals surface area contributed by atoms with Crippen LogP contribution in [0.25, 0.3) is 0 Å². The number of allylic oxidation sites excluding steroid dienone is 7. The first-order valence-electron chi connectivity index (χ1n) is 7.78. The average molecular weight is 274 g/mol. The molecule has 0 heterocycles. The SMILES string of the molecule is C=C(C)/C(=C/C(CC)=C(\C)C=C(C)C)CCC(C)(C)C. The molecule has 0 aromatic heterocycles. The topological polar surface area (TPSA) is 0 Å². The zero-order chi connectivity index (χ0) is 15.9. The Bertz CT molecular complexity index is 415. The van der Waals surface area contributed by atoms with Crippen molar-refractivity contribution in [2.75, 3.05) is 0 Å². The molecule has 0 spiro atoms. The van der Waals surface area contributed by atoms with Crippen LogP contribution in [0.5, 0.6) is 0 Å². The molecule has 114 valence electrons. The summed E-state index contributed by atoms with van der Waals surface area (Å²) in [5.74, 6) is 0. The van der Waals surface area contributed by atoms with Gasteiger partial charge in [-0.15, -0.1) is 0 Å². The number of rotatable bonds is 6. The lowest BCUT2D eigenvalue weighted by molar-refractivity contribution is 0.378. The highest BCUT2D eigenvalue weighted by atomic mass is 14.2. The molecular weight excluding hydrogens is 240 g/mol. The van der Waals surface area contributed by atoms with E-state index in [0.29, 0.717) is 5.41 Å². The van der Waals surface area contributed by atoms with Crippen molar-refractivity contribution < 1.29 is 0 Å². The second-order valence-electron chi connectivity index (χ2n) is 7.29. The van der Waals surface area contributed by atoms with Gasteiger partial charge in [0.05, 0.1) is 0 Å². The lowest BCUT2D eigenvalue weighted by Crippen LogP contribution is -2.05. The summed E-state index contributed by atoms with van der Waals surface area (Å²) in [5, 5.41) is 0. The van der Waals surface area contributed by atoms with E-state index in [4.69, 9.17) is 0 Å². The van der Waals surface area contributed by atoms with Crippen molar-refractivity contribution in [2.45, 2.75) is 74.7 Å². The zero-order valence-corrected chi connectivity index (χ0v) is 15.0. The van der Waals surface area contributed by atoms with Gasteiger partial charge < -0.3 is 0 Å². The predicted molar refractivity (Wildman–Crippen MR) is 94.0 cm³/mol. The van der Waals surface area contributed by atoms with E-state index in [2.05, 4.69) is 74.1 Å². The van der Waals surface area contributed by atoms with Crippen LogP contribution < -0.4 is 0 Å². The van der Waals surface area contributed by atoms with Crippen molar-refractivity contribution >= 4 is 0 Å². The molecule has 0 aromatic carbocycles. The molecule has 0 saturated heterocycles. The van der Waals surface area contributed by atoms with Gasteiger partial charge in [-0.05, 0) is 69.1 Å². The molecule has 0 amide bonds. The van der Waals surface area contributed by atoms with Gasteiger partial charge in [0, 0.05) is 0 Å². The monoisotopic (exact) mass is 274 g/mol. The minimum Gasteiger partial charge on any atom is -0.0958 e. The molecule has 0 bridgehead atoms. The fourth-order valence-corrected chi connectivity index (χ4v) is 2.15. The first-order valence-corrected chi connectivity index (χ1v) is 7.78. The van der Waals surface area contributed by atoms with E-state index in [1.165, 1.54) is 34.3 Å². The van der Waals surface area contributed by atoms with Gasteiger partial charge in [-0.25, -0.2) is 0 Å². The first kappa shape index (κ1) is 19.0. The molecule has 0 aliphatic rings. The normalized spacial score (nSPS) is 13.9. The Morgan fingerprint density at radius 3 is 1.90 bits per heavy atom. The third-order valence-electron chi connectivity index (χ3n) is 3.43. The van der Waals surface area contributed by atoms with Gasteiger partial charge in [-0.3, -0.25) is 0 Å². The summed E-state index contributed by atoms with van der Waals surface area (Å²) in [5.41, 5.74) is 7.14. The van der Waals surface area contributed by atoms with Crippen molar-refractivity contribution in [1.29, 1.82) is 0 Å². The highest BCUT2D eigenvalue weighted by molar-refractivity contribution is 5.40. The van der Waals surface area contributed by atoms with Crippen LogP contribution in [0.4, 0.5) is 0 Å². The number of hydrogen-bond donors (Lipinski definition) is 0. The van der Waals surface area contributed by atoms with Gasteiger partial charge in [0.1, 0.15) is 0 Å². The summed E-state index contributed by atoms with van der Waals surface area (Å²) in [6, 6.07) is 0. The maximum Gasteiger partial charge on any atom is -0.0271 e. The minimum absolute atomic E-state index is 0.375. The first-order chi connectivity index (χ1) is 9.06. The fourth-order valence-electron chi connectivity index (χ4n) is 2.15. The van der Waals surface area contributed by atoms with Gasteiger partial charge in [0.15, 0.2) is 0 Å². The van der Waals surface area contributed by atoms with Gasteiger partial charge >= 0.3 is 0 Å². The van der Waals surface area contributed by atoms with Gasteiger partial charge in [0.2, 0.25) is 0 Å². The van der Waals surface area contributed by atoms with Gasteiger partial charge in [0.25, 0.3) is 0 Å². The minimum atomic E-state index is 0.375. The zero-order valence-electron chi connectivity index (χ0n) is 15.0. The van der Waals surface area contributed by atoms with E-state index in [1.54, 1.807) is 0 Å². The predicted octanol–water partition coefficient (Wildman–Crippen LogP) is 7.01. The molecule has 0 fully saturated rings. The molecule has 0 heteroatoms. The molecule has 0 saturated carbocycles. The van der Waals surface area contributed by atoms with Crippen LogP contribution in [0.2, 0.25) is 0 Å². The average Bonchev–Trinajstić information content (AvgIpc) is 2.26. The van der Waals surface area contributed by atoms with Crippen LogP contribution in [0, 0.1) is 5.41 Å². The second-order valence-corrected chi connectivity index (χ2v) is 7.29. The van der Waals surface area contributed by atoms with Crippen LogP contribution in [0.15, 0.2) is 46.6 Å². The summed E-state index contributed by atoms with van der Waals surface area (Å²) in [7, 11) is 0. The molecular formula is C20H34. The fraction of sp³-hybridized carbons (Fsp3) is 0.600. The molecule has 0 rings (SSSR count). The third kappa shape index (κ3) is 8.19. The molecule has 0 aliphatic heterocycles. The Labute approximate surface area is 127 Å². The molecule has 0 radical (unpaired) electrons. The smallest absolute Gasteiger partial charge is 0.0271 e. The van der Waals surface area contributed by atoms with Gasteiger partial charge in [-0.2, -0.15) is 0 Å². The molecule has 0 atom stereocenters.